The van der Waals surface area contributed by atoms with Gasteiger partial charge in [0.05, 0.1) is 0 Å². The molecule has 0 atom stereocenters. The molecule has 1 aromatic rings. The maximum atomic E-state index is 7.48. The van der Waals surface area contributed by atoms with Gasteiger partial charge in [-0.15, -0.1) is 0 Å². The molecule has 64 valence electrons. The Morgan fingerprint density at radius 2 is 2.33 bits per heavy atom. The summed E-state index contributed by atoms with van der Waals surface area (Å²) >= 11 is 0. The van der Waals surface area contributed by atoms with Gasteiger partial charge < -0.3 is 11.1 Å². The number of hydrogen-bond acceptors (Lipinski definition) is 5. The molecule has 0 fully saturated rings. The van der Waals surface area contributed by atoms with Crippen LogP contribution in [0.5, 0.6) is 0 Å². The summed E-state index contributed by atoms with van der Waals surface area (Å²) in [4.78, 5) is 7.72. The predicted molar refractivity (Wildman–Crippen MR) is 43.4 cm³/mol. The number of fused-ring (bicyclic) bond motifs is 1. The van der Waals surface area contributed by atoms with Crippen molar-refractivity contribution < 1.29 is 0 Å². The maximum absolute atomic E-state index is 7.48. The Bertz CT molecular complexity index is 354. The minimum absolute atomic E-state index is 0.153. The van der Waals surface area contributed by atoms with Crippen LogP contribution in [0.25, 0.3) is 0 Å². The molecule has 0 aromatic carbocycles. The highest BCUT2D eigenvalue weighted by Crippen LogP contribution is 2.06. The molecule has 0 aliphatic carbocycles. The van der Waals surface area contributed by atoms with Crippen LogP contribution in [-0.4, -0.2) is 21.1 Å². The van der Waals surface area contributed by atoms with E-state index in [1.54, 1.807) is 4.57 Å². The molecule has 1 aliphatic rings. The maximum Gasteiger partial charge on any atom is 0.227 e. The van der Waals surface area contributed by atoms with Gasteiger partial charge in [-0.05, 0) is 6.42 Å². The molecule has 2 heterocycles. The van der Waals surface area contributed by atoms with Crippen molar-refractivity contribution in [2.24, 2.45) is 0 Å². The van der Waals surface area contributed by atoms with Gasteiger partial charge in [-0.25, -0.2) is 0 Å². The SMILES string of the molecule is N=c1nc(N)nc2n1CCCN2. The summed E-state index contributed by atoms with van der Waals surface area (Å²) in [6.07, 6.45) is 0.997. The average Bonchev–Trinajstić information content (AvgIpc) is 2.04. The summed E-state index contributed by atoms with van der Waals surface area (Å²) < 4.78 is 1.71. The minimum Gasteiger partial charge on any atom is -0.368 e. The average molecular weight is 166 g/mol. The highest BCUT2D eigenvalue weighted by Gasteiger charge is 2.09. The third-order valence-corrected chi connectivity index (χ3v) is 1.79. The van der Waals surface area contributed by atoms with E-state index >= 15 is 0 Å². The molecule has 1 aliphatic heterocycles. The molecule has 12 heavy (non-hydrogen) atoms. The fraction of sp³-hybridized carbons (Fsp3) is 0.500. The van der Waals surface area contributed by atoms with Gasteiger partial charge in [0.1, 0.15) is 0 Å². The lowest BCUT2D eigenvalue weighted by Gasteiger charge is -2.18. The summed E-state index contributed by atoms with van der Waals surface area (Å²) in [7, 11) is 0. The van der Waals surface area contributed by atoms with Gasteiger partial charge in [-0.3, -0.25) is 9.98 Å². The van der Waals surface area contributed by atoms with Gasteiger partial charge in [0, 0.05) is 13.1 Å². The summed E-state index contributed by atoms with van der Waals surface area (Å²) in [5.41, 5.74) is 5.56. The van der Waals surface area contributed by atoms with Crippen LogP contribution < -0.4 is 16.7 Å². The van der Waals surface area contributed by atoms with Crippen LogP contribution in [0.3, 0.4) is 0 Å². The van der Waals surface area contributed by atoms with E-state index < -0.39 is 0 Å². The number of nitrogens with zero attached hydrogens (tertiary/aromatic N) is 3. The summed E-state index contributed by atoms with van der Waals surface area (Å²) in [6, 6.07) is 0. The summed E-state index contributed by atoms with van der Waals surface area (Å²) in [5, 5.41) is 10.5. The fourth-order valence-electron chi connectivity index (χ4n) is 1.25. The van der Waals surface area contributed by atoms with Gasteiger partial charge in [-0.2, -0.15) is 9.97 Å². The molecular formula is C6H10N6. The molecule has 0 saturated carbocycles. The molecule has 0 spiro atoms. The van der Waals surface area contributed by atoms with Crippen LogP contribution in [0.15, 0.2) is 0 Å². The van der Waals surface area contributed by atoms with Crippen molar-refractivity contribution in [1.29, 1.82) is 5.41 Å². The zero-order valence-electron chi connectivity index (χ0n) is 6.54. The molecule has 2 rings (SSSR count). The topological polar surface area (TPSA) is 92.6 Å². The number of rotatable bonds is 0. The summed E-state index contributed by atoms with van der Waals surface area (Å²) in [6.45, 7) is 1.68. The van der Waals surface area contributed by atoms with Gasteiger partial charge in [-0.1, -0.05) is 0 Å². The Kier molecular flexibility index (Phi) is 1.46. The Balaban J connectivity index is 2.60. The van der Waals surface area contributed by atoms with Gasteiger partial charge in [0.25, 0.3) is 0 Å². The normalized spacial score (nSPS) is 15.0. The van der Waals surface area contributed by atoms with Crippen LogP contribution in [0.1, 0.15) is 6.42 Å². The first-order chi connectivity index (χ1) is 5.77. The molecule has 1 aromatic heterocycles. The van der Waals surface area contributed by atoms with Crippen molar-refractivity contribution in [3.05, 3.63) is 5.62 Å². The van der Waals surface area contributed by atoms with E-state index in [0.29, 0.717) is 5.95 Å². The number of aromatic nitrogens is 3. The second-order valence-electron chi connectivity index (χ2n) is 2.66. The van der Waals surface area contributed by atoms with Crippen LogP contribution in [-0.2, 0) is 6.54 Å². The van der Waals surface area contributed by atoms with E-state index in [4.69, 9.17) is 11.1 Å². The van der Waals surface area contributed by atoms with Crippen molar-refractivity contribution in [2.75, 3.05) is 17.6 Å². The number of nitrogen functional groups attached to an aromatic ring is 1. The fourth-order valence-corrected chi connectivity index (χ4v) is 1.25. The predicted octanol–water partition coefficient (Wildman–Crippen LogP) is -0.845. The van der Waals surface area contributed by atoms with Crippen molar-refractivity contribution in [3.8, 4) is 0 Å². The Hall–Kier alpha value is -1.59. The van der Waals surface area contributed by atoms with Crippen molar-refractivity contribution >= 4 is 11.9 Å². The number of nitrogens with two attached hydrogens (primary N) is 1. The first-order valence-corrected chi connectivity index (χ1v) is 3.80. The zero-order chi connectivity index (χ0) is 8.55. The lowest BCUT2D eigenvalue weighted by molar-refractivity contribution is 0.566. The molecule has 0 bridgehead atoms. The van der Waals surface area contributed by atoms with E-state index in [1.807, 2.05) is 0 Å². The molecule has 6 nitrogen and oxygen atoms in total. The van der Waals surface area contributed by atoms with Gasteiger partial charge in [0.2, 0.25) is 17.5 Å². The quantitative estimate of drug-likeness (QED) is 0.468. The second-order valence-corrected chi connectivity index (χ2v) is 2.66. The zero-order valence-corrected chi connectivity index (χ0v) is 6.54. The molecule has 6 heteroatoms. The van der Waals surface area contributed by atoms with Crippen molar-refractivity contribution in [2.45, 2.75) is 13.0 Å². The first kappa shape index (κ1) is 7.08. The highest BCUT2D eigenvalue weighted by atomic mass is 15.3. The highest BCUT2D eigenvalue weighted by molar-refractivity contribution is 5.31. The summed E-state index contributed by atoms with van der Waals surface area (Å²) in [5.74, 6) is 0.805. The molecule has 4 N–H and O–H groups in total. The minimum atomic E-state index is 0.153. The Labute approximate surface area is 69.0 Å². The smallest absolute Gasteiger partial charge is 0.227 e. The van der Waals surface area contributed by atoms with E-state index in [9.17, 15) is 0 Å². The Morgan fingerprint density at radius 1 is 1.50 bits per heavy atom. The van der Waals surface area contributed by atoms with E-state index in [2.05, 4.69) is 15.3 Å². The molecule has 0 amide bonds. The molecule has 0 unspecified atom stereocenters. The van der Waals surface area contributed by atoms with Crippen molar-refractivity contribution in [3.63, 3.8) is 0 Å². The van der Waals surface area contributed by atoms with Crippen LogP contribution in [0.2, 0.25) is 0 Å². The third-order valence-electron chi connectivity index (χ3n) is 1.79. The standard InChI is InChI=1S/C6H10N6/c7-4-10-5(8)12-3-1-2-9-6(12)11-4/h1-3H2,(H4,7,8,9,10,11). The monoisotopic (exact) mass is 166 g/mol. The number of hydrogen-bond donors (Lipinski definition) is 3. The van der Waals surface area contributed by atoms with E-state index in [0.717, 1.165) is 19.5 Å². The van der Waals surface area contributed by atoms with Crippen LogP contribution >= 0.6 is 0 Å². The number of anilines is 2. The lowest BCUT2D eigenvalue weighted by Crippen LogP contribution is -2.32. The van der Waals surface area contributed by atoms with Gasteiger partial charge in [0.15, 0.2) is 0 Å². The molecule has 0 radical (unpaired) electrons. The van der Waals surface area contributed by atoms with E-state index in [1.165, 1.54) is 0 Å². The largest absolute Gasteiger partial charge is 0.368 e. The Morgan fingerprint density at radius 3 is 3.17 bits per heavy atom. The van der Waals surface area contributed by atoms with E-state index in [-0.39, 0.29) is 11.6 Å². The first-order valence-electron chi connectivity index (χ1n) is 3.80. The van der Waals surface area contributed by atoms with Gasteiger partial charge >= 0.3 is 0 Å². The van der Waals surface area contributed by atoms with Crippen LogP contribution in [0, 0.1) is 5.41 Å². The lowest BCUT2D eigenvalue weighted by atomic mass is 10.4. The molecule has 0 saturated heterocycles. The second kappa shape index (κ2) is 2.47. The van der Waals surface area contributed by atoms with Crippen molar-refractivity contribution in [1.82, 2.24) is 14.5 Å². The number of nitrogens with one attached hydrogen (secondary N) is 2. The molecular weight excluding hydrogens is 156 g/mol. The van der Waals surface area contributed by atoms with Crippen LogP contribution in [0.4, 0.5) is 11.9 Å². The third kappa shape index (κ3) is 1.01.